The number of halogens is 5. The standard InChI is InChI=1S/C14H15Cl2F3N2O/c1-8-4-12(5-13(15,16)6-12)7-21(8)11(22)9-2-3-10(20-9)14(17,18)19/h2-3,8,20H,4-7H2,1H3. The number of nitrogens with one attached hydrogen (secondary N) is 1. The van der Waals surface area contributed by atoms with E-state index in [0.717, 1.165) is 12.5 Å². The minimum Gasteiger partial charge on any atom is -0.347 e. The molecule has 1 aromatic rings. The number of alkyl halides is 5. The molecule has 2 heterocycles. The number of carbonyl (C=O) groups is 1. The Balaban J connectivity index is 1.75. The summed E-state index contributed by atoms with van der Waals surface area (Å²) in [5, 5.41) is 0. The van der Waals surface area contributed by atoms with E-state index in [-0.39, 0.29) is 17.2 Å². The van der Waals surface area contributed by atoms with Crippen molar-refractivity contribution in [3.05, 3.63) is 23.5 Å². The number of H-pyrrole nitrogens is 1. The Labute approximate surface area is 135 Å². The number of rotatable bonds is 1. The Kier molecular flexibility index (Phi) is 3.49. The van der Waals surface area contributed by atoms with Gasteiger partial charge in [0, 0.05) is 12.6 Å². The van der Waals surface area contributed by atoms with E-state index in [1.807, 2.05) is 6.92 Å². The van der Waals surface area contributed by atoms with Crippen LogP contribution in [0.4, 0.5) is 13.2 Å². The molecule has 0 bridgehead atoms. The maximum atomic E-state index is 12.6. The number of aromatic nitrogens is 1. The van der Waals surface area contributed by atoms with Gasteiger partial charge >= 0.3 is 6.18 Å². The van der Waals surface area contributed by atoms with Crippen LogP contribution in [0, 0.1) is 5.41 Å². The molecule has 2 fully saturated rings. The van der Waals surface area contributed by atoms with Gasteiger partial charge in [0.2, 0.25) is 0 Å². The molecule has 1 unspecified atom stereocenters. The zero-order valence-electron chi connectivity index (χ0n) is 11.8. The van der Waals surface area contributed by atoms with Crippen LogP contribution < -0.4 is 0 Å². The summed E-state index contributed by atoms with van der Waals surface area (Å²) < 4.78 is 37.1. The summed E-state index contributed by atoms with van der Waals surface area (Å²) in [5.74, 6) is -0.415. The summed E-state index contributed by atoms with van der Waals surface area (Å²) in [5.41, 5.74) is -1.06. The van der Waals surface area contributed by atoms with Gasteiger partial charge in [-0.2, -0.15) is 13.2 Å². The molecule has 1 aliphatic carbocycles. The summed E-state index contributed by atoms with van der Waals surface area (Å²) in [6, 6.07) is 2.02. The fourth-order valence-corrected chi connectivity index (χ4v) is 4.87. The van der Waals surface area contributed by atoms with Gasteiger partial charge in [0.25, 0.3) is 5.91 Å². The van der Waals surface area contributed by atoms with Gasteiger partial charge in [-0.3, -0.25) is 4.79 Å². The first kappa shape index (κ1) is 16.0. The molecule has 1 spiro atoms. The highest BCUT2D eigenvalue weighted by atomic mass is 35.5. The Morgan fingerprint density at radius 1 is 1.36 bits per heavy atom. The molecule has 3 rings (SSSR count). The fraction of sp³-hybridized carbons (Fsp3) is 0.643. The first-order valence-electron chi connectivity index (χ1n) is 6.96. The van der Waals surface area contributed by atoms with Crippen LogP contribution in [-0.2, 0) is 6.18 Å². The van der Waals surface area contributed by atoms with Gasteiger partial charge in [-0.1, -0.05) is 0 Å². The molecule has 2 aliphatic rings. The van der Waals surface area contributed by atoms with Crippen LogP contribution in [-0.4, -0.2) is 32.7 Å². The van der Waals surface area contributed by atoms with Crippen LogP contribution >= 0.6 is 23.2 Å². The molecule has 1 aromatic heterocycles. The van der Waals surface area contributed by atoms with E-state index in [9.17, 15) is 18.0 Å². The maximum absolute atomic E-state index is 12.6. The van der Waals surface area contributed by atoms with Crippen LogP contribution in [0.3, 0.4) is 0 Å². The van der Waals surface area contributed by atoms with Crippen molar-refractivity contribution in [1.82, 2.24) is 9.88 Å². The number of hydrogen-bond donors (Lipinski definition) is 1. The van der Waals surface area contributed by atoms with Crippen molar-refractivity contribution in [2.45, 2.75) is 42.7 Å². The molecule has 22 heavy (non-hydrogen) atoms. The maximum Gasteiger partial charge on any atom is 0.431 e. The SMILES string of the molecule is CC1CC2(CN1C(=O)c1ccc(C(F)(F)F)[nH]1)CC(Cl)(Cl)C2. The van der Waals surface area contributed by atoms with Crippen molar-refractivity contribution in [2.24, 2.45) is 5.41 Å². The predicted molar refractivity (Wildman–Crippen MR) is 77.0 cm³/mol. The molecule has 1 saturated heterocycles. The third kappa shape index (κ3) is 2.71. The summed E-state index contributed by atoms with van der Waals surface area (Å²) >= 11 is 12.1. The molecule has 8 heteroatoms. The zero-order valence-corrected chi connectivity index (χ0v) is 13.3. The second-order valence-corrected chi connectivity index (χ2v) is 8.12. The van der Waals surface area contributed by atoms with E-state index in [2.05, 4.69) is 4.98 Å². The number of likely N-dealkylation sites (tertiary alicyclic amines) is 1. The van der Waals surface area contributed by atoms with Gasteiger partial charge in [0.15, 0.2) is 0 Å². The van der Waals surface area contributed by atoms with Gasteiger partial charge < -0.3 is 9.88 Å². The minimum atomic E-state index is -4.48. The number of nitrogens with zero attached hydrogens (tertiary/aromatic N) is 1. The van der Waals surface area contributed by atoms with Gasteiger partial charge in [0.05, 0.1) is 0 Å². The van der Waals surface area contributed by atoms with Gasteiger partial charge in [-0.25, -0.2) is 0 Å². The summed E-state index contributed by atoms with van der Waals surface area (Å²) in [6.07, 6.45) is -2.50. The first-order chi connectivity index (χ1) is 10.0. The lowest BCUT2D eigenvalue weighted by atomic mass is 9.67. The number of amides is 1. The lowest BCUT2D eigenvalue weighted by Gasteiger charge is -2.47. The zero-order chi connectivity index (χ0) is 16.3. The molecule has 1 saturated carbocycles. The molecule has 1 aliphatic heterocycles. The molecule has 122 valence electrons. The van der Waals surface area contributed by atoms with Crippen molar-refractivity contribution >= 4 is 29.1 Å². The monoisotopic (exact) mass is 354 g/mol. The minimum absolute atomic E-state index is 0.0430. The summed E-state index contributed by atoms with van der Waals surface area (Å²) in [6.45, 7) is 2.37. The van der Waals surface area contributed by atoms with Crippen molar-refractivity contribution in [2.75, 3.05) is 6.54 Å². The Morgan fingerprint density at radius 3 is 2.50 bits per heavy atom. The van der Waals surface area contributed by atoms with Crippen molar-refractivity contribution in [3.63, 3.8) is 0 Å². The molecular weight excluding hydrogens is 340 g/mol. The summed E-state index contributed by atoms with van der Waals surface area (Å²) in [4.78, 5) is 16.2. The molecule has 0 radical (unpaired) electrons. The second-order valence-electron chi connectivity index (χ2n) is 6.48. The van der Waals surface area contributed by atoms with Crippen molar-refractivity contribution in [1.29, 1.82) is 0 Å². The van der Waals surface area contributed by atoms with Gasteiger partial charge in [-0.05, 0) is 43.7 Å². The average Bonchev–Trinajstić information content (AvgIpc) is 2.91. The smallest absolute Gasteiger partial charge is 0.347 e. The van der Waals surface area contributed by atoms with E-state index >= 15 is 0 Å². The predicted octanol–water partition coefficient (Wildman–Crippen LogP) is 4.22. The lowest BCUT2D eigenvalue weighted by Crippen LogP contribution is -2.46. The largest absolute Gasteiger partial charge is 0.431 e. The molecule has 3 nitrogen and oxygen atoms in total. The summed E-state index contributed by atoms with van der Waals surface area (Å²) in [7, 11) is 0. The van der Waals surface area contributed by atoms with Crippen LogP contribution in [0.2, 0.25) is 0 Å². The third-order valence-corrected chi connectivity index (χ3v) is 5.05. The van der Waals surface area contributed by atoms with E-state index < -0.39 is 22.1 Å². The van der Waals surface area contributed by atoms with Crippen LogP contribution in [0.5, 0.6) is 0 Å². The molecule has 1 atom stereocenters. The molecule has 1 amide bonds. The van der Waals surface area contributed by atoms with Gasteiger partial charge in [0.1, 0.15) is 15.7 Å². The first-order valence-corrected chi connectivity index (χ1v) is 7.72. The average molecular weight is 355 g/mol. The highest BCUT2D eigenvalue weighted by Crippen LogP contribution is 2.60. The van der Waals surface area contributed by atoms with Crippen LogP contribution in [0.15, 0.2) is 12.1 Å². The Hall–Kier alpha value is -0.880. The van der Waals surface area contributed by atoms with Crippen molar-refractivity contribution < 1.29 is 18.0 Å². The highest BCUT2D eigenvalue weighted by molar-refractivity contribution is 6.49. The van der Waals surface area contributed by atoms with Gasteiger partial charge in [-0.15, -0.1) is 23.2 Å². The molecule has 1 N–H and O–H groups in total. The number of hydrogen-bond acceptors (Lipinski definition) is 1. The topological polar surface area (TPSA) is 36.1 Å². The number of aromatic amines is 1. The lowest BCUT2D eigenvalue weighted by molar-refractivity contribution is -0.140. The van der Waals surface area contributed by atoms with E-state index in [0.29, 0.717) is 19.4 Å². The van der Waals surface area contributed by atoms with Crippen molar-refractivity contribution in [3.8, 4) is 0 Å². The Morgan fingerprint density at radius 2 is 2.00 bits per heavy atom. The highest BCUT2D eigenvalue weighted by Gasteiger charge is 2.58. The molecule has 0 aromatic carbocycles. The van der Waals surface area contributed by atoms with E-state index in [1.54, 1.807) is 4.90 Å². The van der Waals surface area contributed by atoms with Crippen LogP contribution in [0.1, 0.15) is 42.4 Å². The Bertz CT molecular complexity index is 603. The molecular formula is C14H15Cl2F3N2O. The fourth-order valence-electron chi connectivity index (χ4n) is 3.73. The quantitative estimate of drug-likeness (QED) is 0.753. The third-order valence-electron chi connectivity index (χ3n) is 4.52. The number of carbonyl (C=O) groups excluding carboxylic acids is 1. The van der Waals surface area contributed by atoms with E-state index in [4.69, 9.17) is 23.2 Å². The second kappa shape index (κ2) is 4.81. The van der Waals surface area contributed by atoms with Crippen LogP contribution in [0.25, 0.3) is 0 Å². The normalized spacial score (nSPS) is 26.3. The van der Waals surface area contributed by atoms with E-state index in [1.165, 1.54) is 6.07 Å².